The molecule has 15 heavy (non-hydrogen) atoms. The number of rotatable bonds is 3. The minimum absolute atomic E-state index is 0.0704. The van der Waals surface area contributed by atoms with Crippen molar-refractivity contribution in [1.29, 1.82) is 0 Å². The molecule has 3 nitrogen and oxygen atoms in total. The molecule has 0 amide bonds. The minimum atomic E-state index is -0.324. The maximum Gasteiger partial charge on any atom is 0.111 e. The fourth-order valence-electron chi connectivity index (χ4n) is 1.86. The highest BCUT2D eigenvalue weighted by molar-refractivity contribution is 5.40. The van der Waals surface area contributed by atoms with Crippen molar-refractivity contribution in [3.05, 3.63) is 30.3 Å². The summed E-state index contributed by atoms with van der Waals surface area (Å²) in [6.45, 7) is 0. The summed E-state index contributed by atoms with van der Waals surface area (Å²) in [5.41, 5.74) is 3.81. The van der Waals surface area contributed by atoms with Crippen LogP contribution in [-0.2, 0) is 4.84 Å². The van der Waals surface area contributed by atoms with Crippen LogP contribution in [0.4, 0.5) is 5.69 Å². The fourth-order valence-corrected chi connectivity index (χ4v) is 1.86. The van der Waals surface area contributed by atoms with Gasteiger partial charge in [0.05, 0.1) is 11.8 Å². The predicted octanol–water partition coefficient (Wildman–Crippen LogP) is 2.33. The van der Waals surface area contributed by atoms with Gasteiger partial charge < -0.3 is 5.11 Å². The van der Waals surface area contributed by atoms with Crippen LogP contribution >= 0.6 is 0 Å². The molecule has 0 aliphatic heterocycles. The van der Waals surface area contributed by atoms with Gasteiger partial charge in [0.1, 0.15) is 6.10 Å². The molecule has 1 aromatic rings. The molecule has 0 saturated heterocycles. The molecule has 0 spiro atoms. The molecule has 1 saturated carbocycles. The van der Waals surface area contributed by atoms with Gasteiger partial charge in [0.25, 0.3) is 0 Å². The molecule has 1 aromatic carbocycles. The average Bonchev–Trinajstić information content (AvgIpc) is 2.29. The first-order chi connectivity index (χ1) is 7.36. The molecule has 2 rings (SSSR count). The van der Waals surface area contributed by atoms with E-state index in [0.717, 1.165) is 31.4 Å². The Labute approximate surface area is 90.0 Å². The second kappa shape index (κ2) is 5.14. The van der Waals surface area contributed by atoms with Gasteiger partial charge >= 0.3 is 0 Å². The van der Waals surface area contributed by atoms with Crippen LogP contribution in [0, 0.1) is 0 Å². The SMILES string of the molecule is OC1CCCCC1ONc1ccccc1. The number of benzene rings is 1. The molecule has 1 aliphatic rings. The third-order valence-corrected chi connectivity index (χ3v) is 2.77. The lowest BCUT2D eigenvalue weighted by atomic mass is 9.95. The van der Waals surface area contributed by atoms with Crippen LogP contribution in [0.2, 0.25) is 0 Å². The van der Waals surface area contributed by atoms with E-state index in [2.05, 4.69) is 5.48 Å². The summed E-state index contributed by atoms with van der Waals surface area (Å²) in [5, 5.41) is 9.68. The Hall–Kier alpha value is -1.06. The quantitative estimate of drug-likeness (QED) is 0.747. The molecule has 2 unspecified atom stereocenters. The van der Waals surface area contributed by atoms with Gasteiger partial charge in [-0.15, -0.1) is 0 Å². The second-order valence-corrected chi connectivity index (χ2v) is 3.98. The van der Waals surface area contributed by atoms with Crippen LogP contribution in [0.15, 0.2) is 30.3 Å². The van der Waals surface area contributed by atoms with E-state index in [4.69, 9.17) is 4.84 Å². The molecule has 3 heteroatoms. The van der Waals surface area contributed by atoms with Gasteiger partial charge in [0, 0.05) is 0 Å². The zero-order valence-corrected chi connectivity index (χ0v) is 8.73. The van der Waals surface area contributed by atoms with Gasteiger partial charge in [-0.2, -0.15) is 0 Å². The topological polar surface area (TPSA) is 41.5 Å². The number of hydrogen-bond donors (Lipinski definition) is 2. The number of aliphatic hydroxyl groups is 1. The third kappa shape index (κ3) is 2.94. The maximum atomic E-state index is 9.68. The fraction of sp³-hybridized carbons (Fsp3) is 0.500. The third-order valence-electron chi connectivity index (χ3n) is 2.77. The molecular formula is C12H17NO2. The van der Waals surface area contributed by atoms with Crippen LogP contribution < -0.4 is 5.48 Å². The lowest BCUT2D eigenvalue weighted by Gasteiger charge is -2.27. The van der Waals surface area contributed by atoms with Gasteiger partial charge in [-0.05, 0) is 25.0 Å². The van der Waals surface area contributed by atoms with Crippen LogP contribution in [0.1, 0.15) is 25.7 Å². The Morgan fingerprint density at radius 3 is 2.60 bits per heavy atom. The summed E-state index contributed by atoms with van der Waals surface area (Å²) in [4.78, 5) is 5.48. The maximum absolute atomic E-state index is 9.68. The zero-order valence-electron chi connectivity index (χ0n) is 8.73. The summed E-state index contributed by atoms with van der Waals surface area (Å²) in [6.07, 6.45) is 3.63. The molecule has 82 valence electrons. The summed E-state index contributed by atoms with van der Waals surface area (Å²) in [6, 6.07) is 9.73. The van der Waals surface area contributed by atoms with Crippen molar-refractivity contribution < 1.29 is 9.94 Å². The Bertz CT molecular complexity index is 289. The molecule has 0 bridgehead atoms. The van der Waals surface area contributed by atoms with Crippen molar-refractivity contribution in [3.63, 3.8) is 0 Å². The second-order valence-electron chi connectivity index (χ2n) is 3.98. The number of aliphatic hydroxyl groups excluding tert-OH is 1. The van der Waals surface area contributed by atoms with Crippen LogP contribution in [-0.4, -0.2) is 17.3 Å². The Kier molecular flexibility index (Phi) is 3.59. The highest BCUT2D eigenvalue weighted by atomic mass is 16.7. The molecule has 0 radical (unpaired) electrons. The van der Waals surface area contributed by atoms with E-state index in [1.54, 1.807) is 0 Å². The molecule has 0 heterocycles. The van der Waals surface area contributed by atoms with Crippen molar-refractivity contribution in [1.82, 2.24) is 0 Å². The summed E-state index contributed by atoms with van der Waals surface area (Å²) in [7, 11) is 0. The normalized spacial score (nSPS) is 26.2. The van der Waals surface area contributed by atoms with Crippen molar-refractivity contribution in [2.45, 2.75) is 37.9 Å². The van der Waals surface area contributed by atoms with Gasteiger partial charge in [0.2, 0.25) is 0 Å². The summed E-state index contributed by atoms with van der Waals surface area (Å²) < 4.78 is 0. The molecule has 0 aromatic heterocycles. The Morgan fingerprint density at radius 1 is 1.13 bits per heavy atom. The lowest BCUT2D eigenvalue weighted by Crippen LogP contribution is -2.33. The van der Waals surface area contributed by atoms with Crippen molar-refractivity contribution in [3.8, 4) is 0 Å². The van der Waals surface area contributed by atoms with Crippen molar-refractivity contribution in [2.24, 2.45) is 0 Å². The van der Waals surface area contributed by atoms with Gasteiger partial charge in [-0.1, -0.05) is 31.0 Å². The van der Waals surface area contributed by atoms with Gasteiger partial charge in [-0.25, -0.2) is 0 Å². The highest BCUT2D eigenvalue weighted by Gasteiger charge is 2.23. The average molecular weight is 207 g/mol. The first kappa shape index (κ1) is 10.5. The Morgan fingerprint density at radius 2 is 1.87 bits per heavy atom. The molecule has 1 aliphatic carbocycles. The first-order valence-corrected chi connectivity index (χ1v) is 5.51. The highest BCUT2D eigenvalue weighted by Crippen LogP contribution is 2.21. The van der Waals surface area contributed by atoms with Crippen LogP contribution in [0.5, 0.6) is 0 Å². The molecule has 2 atom stereocenters. The van der Waals surface area contributed by atoms with E-state index in [1.165, 1.54) is 0 Å². The predicted molar refractivity (Wildman–Crippen MR) is 59.4 cm³/mol. The number of nitrogens with one attached hydrogen (secondary N) is 1. The van der Waals surface area contributed by atoms with Gasteiger partial charge in [0.15, 0.2) is 0 Å². The molecular weight excluding hydrogens is 190 g/mol. The number of hydrogen-bond acceptors (Lipinski definition) is 3. The zero-order chi connectivity index (χ0) is 10.5. The van der Waals surface area contributed by atoms with E-state index in [9.17, 15) is 5.11 Å². The van der Waals surface area contributed by atoms with Crippen LogP contribution in [0.3, 0.4) is 0 Å². The smallest absolute Gasteiger partial charge is 0.111 e. The number of anilines is 1. The van der Waals surface area contributed by atoms with Gasteiger partial charge in [-0.3, -0.25) is 10.3 Å². The monoisotopic (exact) mass is 207 g/mol. The standard InChI is InChI=1S/C12H17NO2/c14-11-8-4-5-9-12(11)15-13-10-6-2-1-3-7-10/h1-3,6-7,11-14H,4-5,8-9H2. The van der Waals surface area contributed by atoms with E-state index in [1.807, 2.05) is 30.3 Å². The lowest BCUT2D eigenvalue weighted by molar-refractivity contribution is -0.0368. The van der Waals surface area contributed by atoms with E-state index in [0.29, 0.717) is 0 Å². The van der Waals surface area contributed by atoms with E-state index < -0.39 is 0 Å². The largest absolute Gasteiger partial charge is 0.390 e. The molecule has 1 fully saturated rings. The Balaban J connectivity index is 1.82. The van der Waals surface area contributed by atoms with E-state index >= 15 is 0 Å². The first-order valence-electron chi connectivity index (χ1n) is 5.51. The van der Waals surface area contributed by atoms with E-state index in [-0.39, 0.29) is 12.2 Å². The summed E-state index contributed by atoms with van der Waals surface area (Å²) >= 11 is 0. The number of para-hydroxylation sites is 1. The van der Waals surface area contributed by atoms with Crippen molar-refractivity contribution in [2.75, 3.05) is 5.48 Å². The summed E-state index contributed by atoms with van der Waals surface area (Å²) in [5.74, 6) is 0. The van der Waals surface area contributed by atoms with Crippen LogP contribution in [0.25, 0.3) is 0 Å². The molecule has 2 N–H and O–H groups in total. The minimum Gasteiger partial charge on any atom is -0.390 e. The van der Waals surface area contributed by atoms with Crippen molar-refractivity contribution >= 4 is 5.69 Å².